The molecule has 0 spiro atoms. The van der Waals surface area contributed by atoms with Crippen LogP contribution in [0, 0.1) is 13.8 Å². The highest BCUT2D eigenvalue weighted by atomic mass is 32.1. The summed E-state index contributed by atoms with van der Waals surface area (Å²) in [6.45, 7) is 9.55. The molecule has 0 bridgehead atoms. The van der Waals surface area contributed by atoms with Crippen LogP contribution in [-0.4, -0.2) is 43.1 Å². The number of nitrogens with one attached hydrogen (secondary N) is 3. The Morgan fingerprint density at radius 3 is 2.61 bits per heavy atom. The van der Waals surface area contributed by atoms with Gasteiger partial charge in [-0.2, -0.15) is 0 Å². The lowest BCUT2D eigenvalue weighted by Gasteiger charge is -2.17. The molecule has 0 fully saturated rings. The summed E-state index contributed by atoms with van der Waals surface area (Å²) in [5.41, 5.74) is 4.66. The molecule has 0 aliphatic rings. The molecule has 7 nitrogen and oxygen atoms in total. The molecular formula is C20H29N5O2S. The average Bonchev–Trinajstić information content (AvgIpc) is 3.08. The molecule has 0 atom stereocenters. The van der Waals surface area contributed by atoms with Crippen molar-refractivity contribution in [3.63, 3.8) is 0 Å². The van der Waals surface area contributed by atoms with Gasteiger partial charge in [0, 0.05) is 32.2 Å². The van der Waals surface area contributed by atoms with Gasteiger partial charge in [0.25, 0.3) is 5.91 Å². The van der Waals surface area contributed by atoms with Gasteiger partial charge in [-0.05, 0) is 39.3 Å². The van der Waals surface area contributed by atoms with E-state index >= 15 is 0 Å². The lowest BCUT2D eigenvalue weighted by molar-refractivity contribution is 0.0957. The lowest BCUT2D eigenvalue weighted by Crippen LogP contribution is -2.41. The Bertz CT molecular complexity index is 817. The fourth-order valence-electron chi connectivity index (χ4n) is 2.53. The van der Waals surface area contributed by atoms with E-state index in [-0.39, 0.29) is 12.0 Å². The van der Waals surface area contributed by atoms with Crippen molar-refractivity contribution in [1.29, 1.82) is 0 Å². The van der Waals surface area contributed by atoms with E-state index in [9.17, 15) is 4.79 Å². The van der Waals surface area contributed by atoms with Crippen molar-refractivity contribution in [1.82, 2.24) is 20.9 Å². The Hall–Kier alpha value is -2.61. The van der Waals surface area contributed by atoms with E-state index in [0.29, 0.717) is 30.5 Å². The summed E-state index contributed by atoms with van der Waals surface area (Å²) in [5.74, 6) is 1.45. The molecule has 1 aromatic carbocycles. The second-order valence-electron chi connectivity index (χ2n) is 6.65. The summed E-state index contributed by atoms with van der Waals surface area (Å²) in [5, 5.41) is 9.36. The number of hydrogen-bond acceptors (Lipinski definition) is 5. The average molecular weight is 404 g/mol. The second kappa shape index (κ2) is 10.7. The summed E-state index contributed by atoms with van der Waals surface area (Å²) < 4.78 is 5.91. The quantitative estimate of drug-likeness (QED) is 0.358. The van der Waals surface area contributed by atoms with Crippen LogP contribution in [0.15, 0.2) is 28.7 Å². The summed E-state index contributed by atoms with van der Waals surface area (Å²) in [7, 11) is 1.72. The van der Waals surface area contributed by atoms with E-state index in [2.05, 4.69) is 38.1 Å². The van der Waals surface area contributed by atoms with Crippen LogP contribution >= 0.6 is 11.3 Å². The molecule has 0 radical (unpaired) electrons. The van der Waals surface area contributed by atoms with Gasteiger partial charge in [-0.1, -0.05) is 12.1 Å². The number of nitrogens with zero attached hydrogens (tertiary/aromatic N) is 2. The van der Waals surface area contributed by atoms with Gasteiger partial charge in [-0.3, -0.25) is 9.79 Å². The molecule has 0 aliphatic heterocycles. The van der Waals surface area contributed by atoms with E-state index < -0.39 is 0 Å². The maximum atomic E-state index is 12.1. The Kier molecular flexibility index (Phi) is 8.25. The Balaban J connectivity index is 1.80. The number of aliphatic imine (C=N–C) groups is 1. The number of rotatable bonds is 8. The van der Waals surface area contributed by atoms with Crippen molar-refractivity contribution in [2.45, 2.75) is 40.3 Å². The van der Waals surface area contributed by atoms with Gasteiger partial charge in [0.05, 0.1) is 17.3 Å². The summed E-state index contributed by atoms with van der Waals surface area (Å²) >= 11 is 1.35. The van der Waals surface area contributed by atoms with Crippen LogP contribution in [0.4, 0.5) is 0 Å². The van der Waals surface area contributed by atoms with E-state index in [0.717, 1.165) is 22.6 Å². The number of aromatic nitrogens is 1. The monoisotopic (exact) mass is 403 g/mol. The summed E-state index contributed by atoms with van der Waals surface area (Å²) in [6.07, 6.45) is 0.115. The molecule has 0 aliphatic carbocycles. The van der Waals surface area contributed by atoms with Gasteiger partial charge in [-0.25, -0.2) is 4.98 Å². The first-order chi connectivity index (χ1) is 13.4. The van der Waals surface area contributed by atoms with Gasteiger partial charge in [0.2, 0.25) is 0 Å². The van der Waals surface area contributed by atoms with Gasteiger partial charge >= 0.3 is 0 Å². The van der Waals surface area contributed by atoms with E-state index in [1.54, 1.807) is 12.6 Å². The Morgan fingerprint density at radius 1 is 1.21 bits per heavy atom. The largest absolute Gasteiger partial charge is 0.491 e. The van der Waals surface area contributed by atoms with E-state index in [1.807, 2.05) is 33.8 Å². The molecule has 28 heavy (non-hydrogen) atoms. The van der Waals surface area contributed by atoms with E-state index in [1.165, 1.54) is 11.3 Å². The molecule has 0 saturated carbocycles. The highest BCUT2D eigenvalue weighted by Gasteiger charge is 2.11. The van der Waals surface area contributed by atoms with Crippen molar-refractivity contribution in [2.75, 3.05) is 20.1 Å². The van der Waals surface area contributed by atoms with Crippen molar-refractivity contribution in [3.8, 4) is 5.75 Å². The van der Waals surface area contributed by atoms with Crippen LogP contribution in [0.25, 0.3) is 0 Å². The fourth-order valence-corrected chi connectivity index (χ4v) is 3.25. The third kappa shape index (κ3) is 6.53. The minimum Gasteiger partial charge on any atom is -0.491 e. The minimum absolute atomic E-state index is 0.0973. The number of amides is 1. The topological polar surface area (TPSA) is 87.6 Å². The first kappa shape index (κ1) is 21.7. The first-order valence-electron chi connectivity index (χ1n) is 9.29. The molecule has 1 aromatic heterocycles. The number of hydrogen-bond donors (Lipinski definition) is 3. The highest BCUT2D eigenvalue weighted by Crippen LogP contribution is 2.21. The number of carbonyl (C=O) groups is 1. The highest BCUT2D eigenvalue weighted by molar-refractivity contribution is 7.11. The molecule has 0 saturated heterocycles. The standard InChI is InChI=1S/C20H29N5O2S/c1-13(2)27-17-10-14(3)6-7-16(17)11-24-20(21-5)23-9-8-22-19(26)18-15(4)25-12-28-18/h6-7,10,12-13H,8-9,11H2,1-5H3,(H,22,26)(H2,21,23,24). The van der Waals surface area contributed by atoms with Crippen LogP contribution in [0.5, 0.6) is 5.75 Å². The van der Waals surface area contributed by atoms with Gasteiger partial charge in [-0.15, -0.1) is 11.3 Å². The minimum atomic E-state index is -0.0973. The Morgan fingerprint density at radius 2 is 1.96 bits per heavy atom. The molecule has 2 rings (SSSR count). The molecule has 1 heterocycles. The number of benzene rings is 1. The summed E-state index contributed by atoms with van der Waals surface area (Å²) in [4.78, 5) is 21.0. The summed E-state index contributed by atoms with van der Waals surface area (Å²) in [6, 6.07) is 6.17. The SMILES string of the molecule is CN=C(NCCNC(=O)c1scnc1C)NCc1ccc(C)cc1OC(C)C. The second-order valence-corrected chi connectivity index (χ2v) is 7.51. The predicted molar refractivity (Wildman–Crippen MR) is 114 cm³/mol. The van der Waals surface area contributed by atoms with Crippen molar-refractivity contribution >= 4 is 23.2 Å². The van der Waals surface area contributed by atoms with Crippen molar-refractivity contribution < 1.29 is 9.53 Å². The van der Waals surface area contributed by atoms with Crippen LogP contribution in [0.3, 0.4) is 0 Å². The van der Waals surface area contributed by atoms with E-state index in [4.69, 9.17) is 4.74 Å². The number of thiazole rings is 1. The van der Waals surface area contributed by atoms with Crippen LogP contribution in [0.2, 0.25) is 0 Å². The maximum Gasteiger partial charge on any atom is 0.263 e. The molecular weight excluding hydrogens is 374 g/mol. The zero-order chi connectivity index (χ0) is 20.5. The lowest BCUT2D eigenvalue weighted by atomic mass is 10.1. The van der Waals surface area contributed by atoms with Crippen LogP contribution < -0.4 is 20.7 Å². The molecule has 3 N–H and O–H groups in total. The van der Waals surface area contributed by atoms with Crippen molar-refractivity contribution in [3.05, 3.63) is 45.4 Å². The number of guanidine groups is 1. The predicted octanol–water partition coefficient (Wildman–Crippen LogP) is 2.64. The molecule has 0 unspecified atom stereocenters. The van der Waals surface area contributed by atoms with Gasteiger partial charge in [0.1, 0.15) is 10.6 Å². The third-order valence-electron chi connectivity index (χ3n) is 3.91. The fraction of sp³-hybridized carbons (Fsp3) is 0.450. The Labute approximate surface area is 170 Å². The maximum absolute atomic E-state index is 12.1. The zero-order valence-electron chi connectivity index (χ0n) is 17.1. The molecule has 2 aromatic rings. The smallest absolute Gasteiger partial charge is 0.263 e. The number of ether oxygens (including phenoxy) is 1. The van der Waals surface area contributed by atoms with Crippen LogP contribution in [-0.2, 0) is 6.54 Å². The number of aryl methyl sites for hydroxylation is 2. The van der Waals surface area contributed by atoms with Gasteiger partial charge < -0.3 is 20.7 Å². The molecule has 8 heteroatoms. The van der Waals surface area contributed by atoms with Crippen LogP contribution in [0.1, 0.15) is 40.3 Å². The van der Waals surface area contributed by atoms with Gasteiger partial charge in [0.15, 0.2) is 5.96 Å². The normalized spacial score (nSPS) is 11.4. The first-order valence-corrected chi connectivity index (χ1v) is 10.2. The van der Waals surface area contributed by atoms with Crippen molar-refractivity contribution in [2.24, 2.45) is 4.99 Å². The zero-order valence-corrected chi connectivity index (χ0v) is 17.9. The molecule has 1 amide bonds. The number of carbonyl (C=O) groups excluding carboxylic acids is 1. The molecule has 152 valence electrons. The third-order valence-corrected chi connectivity index (χ3v) is 4.84.